The summed E-state index contributed by atoms with van der Waals surface area (Å²) in [5, 5.41) is 4.70. The molecular weight excluding hydrogens is 711 g/mol. The van der Waals surface area contributed by atoms with E-state index in [1.807, 2.05) is 26.0 Å². The number of benzene rings is 2. The molecule has 1 atom stereocenters. The molecule has 15 nitrogen and oxygen atoms in total. The van der Waals surface area contributed by atoms with Gasteiger partial charge in [-0.3, -0.25) is 14.4 Å². The predicted molar refractivity (Wildman–Crippen MR) is 193 cm³/mol. The summed E-state index contributed by atoms with van der Waals surface area (Å²) in [5.41, 5.74) is 0.868. The van der Waals surface area contributed by atoms with Crippen LogP contribution in [0.3, 0.4) is 0 Å². The standard InChI is InChI=1S/C36H43FN6O9S/c1-6-39-20-23(2)43-31-30(33(50-5)32(43)36(39)46)35(45)41(38-34(31)42-17-16-40(53(42,47)48)15-7-8-18-51-24(3)44)21-26-11-12-27(37)19-29(26)52-22-25-9-13-28(49-4)14-10-25/h9-14,19,23H,6-8,15-18,20-22H2,1-5H3/t23-/m0/s1. The zero-order chi connectivity index (χ0) is 38.0. The number of rotatable bonds is 14. The Morgan fingerprint density at radius 1 is 1.04 bits per heavy atom. The third kappa shape index (κ3) is 7.27. The van der Waals surface area contributed by atoms with Gasteiger partial charge in [-0.15, -0.1) is 5.10 Å². The Labute approximate surface area is 306 Å². The fraction of sp³-hybridized carbons (Fsp3) is 0.444. The van der Waals surface area contributed by atoms with E-state index in [9.17, 15) is 27.2 Å². The summed E-state index contributed by atoms with van der Waals surface area (Å²) < 4.78 is 70.2. The summed E-state index contributed by atoms with van der Waals surface area (Å²) in [4.78, 5) is 41.1. The highest BCUT2D eigenvalue weighted by molar-refractivity contribution is 7.90. The van der Waals surface area contributed by atoms with Crippen molar-refractivity contribution >= 4 is 38.8 Å². The van der Waals surface area contributed by atoms with E-state index in [0.29, 0.717) is 37.2 Å². The molecule has 1 fully saturated rings. The van der Waals surface area contributed by atoms with Crippen LogP contribution in [0.4, 0.5) is 10.2 Å². The highest BCUT2D eigenvalue weighted by atomic mass is 32.2. The molecule has 4 heterocycles. The minimum Gasteiger partial charge on any atom is -0.497 e. The lowest BCUT2D eigenvalue weighted by atomic mass is 10.2. The minimum absolute atomic E-state index is 0.00324. The van der Waals surface area contributed by atoms with Crippen LogP contribution in [0.5, 0.6) is 17.2 Å². The zero-order valence-corrected chi connectivity index (χ0v) is 31.2. The number of esters is 1. The van der Waals surface area contributed by atoms with E-state index in [2.05, 4.69) is 0 Å². The number of hydrogen-bond acceptors (Lipinski definition) is 10. The monoisotopic (exact) mass is 754 g/mol. The van der Waals surface area contributed by atoms with Crippen molar-refractivity contribution in [3.05, 3.63) is 75.5 Å². The first-order valence-corrected chi connectivity index (χ1v) is 18.8. The number of carbonyl (C=O) groups excluding carboxylic acids is 2. The first kappa shape index (κ1) is 37.6. The number of halogens is 1. The lowest BCUT2D eigenvalue weighted by Crippen LogP contribution is -2.42. The van der Waals surface area contributed by atoms with E-state index >= 15 is 0 Å². The van der Waals surface area contributed by atoms with Crippen LogP contribution in [-0.4, -0.2) is 97.4 Å². The van der Waals surface area contributed by atoms with Crippen LogP contribution in [0.15, 0.2) is 47.3 Å². The minimum atomic E-state index is -4.16. The van der Waals surface area contributed by atoms with Gasteiger partial charge in [0.15, 0.2) is 17.3 Å². The molecule has 53 heavy (non-hydrogen) atoms. The Bertz CT molecular complexity index is 2190. The maximum absolute atomic E-state index is 14.6. The van der Waals surface area contributed by atoms with Gasteiger partial charge >= 0.3 is 16.2 Å². The van der Waals surface area contributed by atoms with Crippen molar-refractivity contribution in [2.45, 2.75) is 52.8 Å². The smallest absolute Gasteiger partial charge is 0.305 e. The molecule has 284 valence electrons. The van der Waals surface area contributed by atoms with E-state index in [4.69, 9.17) is 24.0 Å². The molecule has 0 spiro atoms. The second kappa shape index (κ2) is 15.4. The fourth-order valence-corrected chi connectivity index (χ4v) is 8.41. The van der Waals surface area contributed by atoms with Gasteiger partial charge < -0.3 is 28.4 Å². The number of hydrogen-bond donors (Lipinski definition) is 0. The third-order valence-corrected chi connectivity index (χ3v) is 11.4. The first-order chi connectivity index (χ1) is 25.4. The Morgan fingerprint density at radius 2 is 1.79 bits per heavy atom. The van der Waals surface area contributed by atoms with E-state index in [0.717, 1.165) is 14.6 Å². The fourth-order valence-electron chi connectivity index (χ4n) is 6.80. The summed E-state index contributed by atoms with van der Waals surface area (Å²) in [7, 11) is -1.24. The van der Waals surface area contributed by atoms with E-state index in [1.54, 1.807) is 28.7 Å². The number of methoxy groups -OCH3 is 2. The Balaban J connectivity index is 1.45. The molecule has 17 heteroatoms. The molecule has 0 N–H and O–H groups in total. The van der Waals surface area contributed by atoms with Crippen LogP contribution < -0.4 is 24.1 Å². The Hall–Kier alpha value is -5.16. The number of unbranched alkanes of at least 4 members (excludes halogenated alkanes) is 1. The normalized spacial score (nSPS) is 16.9. The highest BCUT2D eigenvalue weighted by Crippen LogP contribution is 2.42. The zero-order valence-electron chi connectivity index (χ0n) is 30.3. The molecule has 0 bridgehead atoms. The number of likely N-dealkylation sites (N-methyl/N-ethyl adjacent to an activating group) is 1. The molecule has 1 amide bonds. The number of amides is 1. The third-order valence-electron chi connectivity index (χ3n) is 9.44. The lowest BCUT2D eigenvalue weighted by molar-refractivity contribution is -0.141. The maximum atomic E-state index is 14.6. The van der Waals surface area contributed by atoms with Crippen LogP contribution in [0.2, 0.25) is 0 Å². The quantitative estimate of drug-likeness (QED) is 0.137. The second-order valence-electron chi connectivity index (χ2n) is 12.9. The largest absolute Gasteiger partial charge is 0.497 e. The molecule has 0 aliphatic carbocycles. The maximum Gasteiger partial charge on any atom is 0.305 e. The van der Waals surface area contributed by atoms with Crippen molar-refractivity contribution in [3.63, 3.8) is 0 Å². The number of fused-ring (bicyclic) bond motifs is 3. The van der Waals surface area contributed by atoms with Crippen LogP contribution in [-0.2, 0) is 32.9 Å². The summed E-state index contributed by atoms with van der Waals surface area (Å²) >= 11 is 0. The molecule has 0 unspecified atom stereocenters. The SMILES string of the molecule is CCN1C[C@H](C)n2c(c(OC)c3c(=O)n(Cc4ccc(F)cc4OCc4ccc(OC)cc4)nc(N4CCN(CCCCOC(C)=O)S4(=O)=O)c32)C1=O. The van der Waals surface area contributed by atoms with Crippen molar-refractivity contribution < 1.29 is 41.3 Å². The van der Waals surface area contributed by atoms with Crippen LogP contribution in [0.25, 0.3) is 10.9 Å². The molecule has 2 aromatic carbocycles. The van der Waals surface area contributed by atoms with E-state index in [1.165, 1.54) is 36.5 Å². The van der Waals surface area contributed by atoms with Gasteiger partial charge in [0.1, 0.15) is 34.8 Å². The number of nitrogens with zero attached hydrogens (tertiary/aromatic N) is 6. The summed E-state index contributed by atoms with van der Waals surface area (Å²) in [6.07, 6.45) is 0.912. The van der Waals surface area contributed by atoms with Crippen molar-refractivity contribution in [2.75, 3.05) is 57.9 Å². The number of anilines is 1. The van der Waals surface area contributed by atoms with E-state index in [-0.39, 0.29) is 85.3 Å². The van der Waals surface area contributed by atoms with Crippen molar-refractivity contribution in [3.8, 4) is 17.2 Å². The molecule has 0 radical (unpaired) electrons. The molecule has 1 saturated heterocycles. The van der Waals surface area contributed by atoms with Gasteiger partial charge in [0.05, 0.1) is 33.9 Å². The highest BCUT2D eigenvalue weighted by Gasteiger charge is 2.43. The van der Waals surface area contributed by atoms with Gasteiger partial charge in [-0.1, -0.05) is 18.2 Å². The summed E-state index contributed by atoms with van der Waals surface area (Å²) in [5.74, 6) is -0.517. The molecule has 2 aromatic heterocycles. The molecule has 0 saturated carbocycles. The van der Waals surface area contributed by atoms with E-state index < -0.39 is 27.6 Å². The van der Waals surface area contributed by atoms with Gasteiger partial charge in [-0.2, -0.15) is 12.7 Å². The van der Waals surface area contributed by atoms with Gasteiger partial charge in [-0.25, -0.2) is 13.4 Å². The predicted octanol–water partition coefficient (Wildman–Crippen LogP) is 3.73. The summed E-state index contributed by atoms with van der Waals surface area (Å²) in [6.45, 7) is 6.15. The Kier molecular flexibility index (Phi) is 11.0. The lowest BCUT2D eigenvalue weighted by Gasteiger charge is -2.33. The number of ether oxygens (including phenoxy) is 4. The summed E-state index contributed by atoms with van der Waals surface area (Å²) in [6, 6.07) is 10.7. The second-order valence-corrected chi connectivity index (χ2v) is 14.7. The molecule has 2 aliphatic rings. The van der Waals surface area contributed by atoms with Crippen LogP contribution in [0, 0.1) is 5.82 Å². The number of carbonyl (C=O) groups is 2. The van der Waals surface area contributed by atoms with Crippen LogP contribution >= 0.6 is 0 Å². The van der Waals surface area contributed by atoms with Crippen molar-refractivity contribution in [2.24, 2.45) is 0 Å². The van der Waals surface area contributed by atoms with Gasteiger partial charge in [0.25, 0.3) is 11.5 Å². The average molecular weight is 755 g/mol. The van der Waals surface area contributed by atoms with Gasteiger partial charge in [0.2, 0.25) is 0 Å². The molecule has 2 aliphatic heterocycles. The molecular formula is C36H43FN6O9S. The molecule has 4 aromatic rings. The molecule has 6 rings (SSSR count). The average Bonchev–Trinajstić information content (AvgIpc) is 3.65. The van der Waals surface area contributed by atoms with Crippen molar-refractivity contribution in [1.82, 2.24) is 23.6 Å². The topological polar surface area (TPSA) is 155 Å². The first-order valence-electron chi connectivity index (χ1n) is 17.4. The number of aromatic nitrogens is 3. The Morgan fingerprint density at radius 3 is 2.47 bits per heavy atom. The van der Waals surface area contributed by atoms with Crippen molar-refractivity contribution in [1.29, 1.82) is 0 Å². The van der Waals surface area contributed by atoms with Gasteiger partial charge in [-0.05, 0) is 50.5 Å². The van der Waals surface area contributed by atoms with Gasteiger partial charge in [0, 0.05) is 50.8 Å². The van der Waals surface area contributed by atoms with Crippen LogP contribution in [0.1, 0.15) is 61.3 Å².